The van der Waals surface area contributed by atoms with Gasteiger partial charge in [0.25, 0.3) is 5.56 Å². The van der Waals surface area contributed by atoms with Gasteiger partial charge in [0, 0.05) is 12.1 Å². The summed E-state index contributed by atoms with van der Waals surface area (Å²) >= 11 is 0. The van der Waals surface area contributed by atoms with Crippen molar-refractivity contribution in [1.82, 2.24) is 15.2 Å². The Labute approximate surface area is 144 Å². The summed E-state index contributed by atoms with van der Waals surface area (Å²) in [5.74, 6) is 0.331. The van der Waals surface area contributed by atoms with E-state index in [0.717, 1.165) is 22.0 Å². The summed E-state index contributed by atoms with van der Waals surface area (Å²) in [5.41, 5.74) is 2.04. The Balaban J connectivity index is 1.56. The zero-order valence-electron chi connectivity index (χ0n) is 13.4. The van der Waals surface area contributed by atoms with Gasteiger partial charge in [0.15, 0.2) is 0 Å². The standard InChI is InChI=1S/C20H16N4O/c25-19-18(12-14-6-2-1-3-7-14)23-24-20(22-19)21-17-11-10-15-8-4-5-9-16(15)13-17/h1-11,13H,12H2,(H2,21,22,24,25). The molecule has 0 amide bonds. The monoisotopic (exact) mass is 328 g/mol. The van der Waals surface area contributed by atoms with E-state index in [0.29, 0.717) is 18.1 Å². The zero-order chi connectivity index (χ0) is 17.1. The summed E-state index contributed by atoms with van der Waals surface area (Å²) in [6.45, 7) is 0. The van der Waals surface area contributed by atoms with Crippen molar-refractivity contribution in [3.63, 3.8) is 0 Å². The molecule has 0 spiro atoms. The lowest BCUT2D eigenvalue weighted by Gasteiger charge is -2.07. The van der Waals surface area contributed by atoms with Gasteiger partial charge >= 0.3 is 0 Å². The minimum Gasteiger partial charge on any atom is -0.324 e. The molecular weight excluding hydrogens is 312 g/mol. The molecule has 4 rings (SSSR count). The number of hydrogen-bond donors (Lipinski definition) is 2. The summed E-state index contributed by atoms with van der Waals surface area (Å²) in [4.78, 5) is 15.0. The Morgan fingerprint density at radius 3 is 2.40 bits per heavy atom. The van der Waals surface area contributed by atoms with Crippen LogP contribution in [0.3, 0.4) is 0 Å². The van der Waals surface area contributed by atoms with Crippen LogP contribution in [0.1, 0.15) is 11.3 Å². The van der Waals surface area contributed by atoms with Crippen molar-refractivity contribution in [3.8, 4) is 0 Å². The summed E-state index contributed by atoms with van der Waals surface area (Å²) in [6.07, 6.45) is 0.458. The number of aromatic nitrogens is 3. The molecule has 5 nitrogen and oxygen atoms in total. The molecule has 5 heteroatoms. The van der Waals surface area contributed by atoms with Gasteiger partial charge in [-0.15, -0.1) is 10.2 Å². The minimum absolute atomic E-state index is 0.234. The molecule has 4 aromatic rings. The first kappa shape index (κ1) is 15.1. The smallest absolute Gasteiger partial charge is 0.274 e. The molecule has 0 aliphatic rings. The molecule has 0 saturated heterocycles. The molecule has 2 N–H and O–H groups in total. The van der Waals surface area contributed by atoms with Crippen molar-refractivity contribution >= 4 is 22.4 Å². The Morgan fingerprint density at radius 2 is 1.60 bits per heavy atom. The predicted octanol–water partition coefficient (Wildman–Crippen LogP) is 3.65. The lowest BCUT2D eigenvalue weighted by Crippen LogP contribution is -2.18. The summed E-state index contributed by atoms with van der Waals surface area (Å²) < 4.78 is 0. The maximum atomic E-state index is 12.2. The van der Waals surface area contributed by atoms with Gasteiger partial charge in [-0.05, 0) is 28.5 Å². The van der Waals surface area contributed by atoms with E-state index in [-0.39, 0.29) is 5.56 Å². The highest BCUT2D eigenvalue weighted by atomic mass is 16.1. The van der Waals surface area contributed by atoms with Crippen molar-refractivity contribution in [2.24, 2.45) is 0 Å². The van der Waals surface area contributed by atoms with E-state index < -0.39 is 0 Å². The van der Waals surface area contributed by atoms with Crippen LogP contribution in [0.4, 0.5) is 11.6 Å². The van der Waals surface area contributed by atoms with Crippen molar-refractivity contribution in [2.75, 3.05) is 5.32 Å². The van der Waals surface area contributed by atoms with Gasteiger partial charge in [0.1, 0.15) is 5.69 Å². The largest absolute Gasteiger partial charge is 0.324 e. The third kappa shape index (κ3) is 3.40. The quantitative estimate of drug-likeness (QED) is 0.600. The fourth-order valence-electron chi connectivity index (χ4n) is 2.73. The highest BCUT2D eigenvalue weighted by Gasteiger charge is 2.06. The number of nitrogens with one attached hydrogen (secondary N) is 2. The van der Waals surface area contributed by atoms with Gasteiger partial charge < -0.3 is 5.32 Å². The highest BCUT2D eigenvalue weighted by molar-refractivity contribution is 5.86. The Bertz CT molecular complexity index is 1070. The maximum Gasteiger partial charge on any atom is 0.274 e. The molecule has 0 saturated carbocycles. The van der Waals surface area contributed by atoms with Crippen LogP contribution >= 0.6 is 0 Å². The van der Waals surface area contributed by atoms with Crippen LogP contribution < -0.4 is 10.9 Å². The molecule has 122 valence electrons. The lowest BCUT2D eigenvalue weighted by molar-refractivity contribution is 0.874. The number of rotatable bonds is 4. The summed E-state index contributed by atoms with van der Waals surface area (Å²) in [6, 6.07) is 23.8. The molecule has 1 heterocycles. The van der Waals surface area contributed by atoms with Crippen LogP contribution in [0.25, 0.3) is 10.8 Å². The first-order valence-electron chi connectivity index (χ1n) is 8.03. The van der Waals surface area contributed by atoms with Crippen LogP contribution in [0.2, 0.25) is 0 Å². The van der Waals surface area contributed by atoms with Crippen molar-refractivity contribution in [1.29, 1.82) is 0 Å². The molecule has 0 radical (unpaired) electrons. The van der Waals surface area contributed by atoms with Crippen molar-refractivity contribution in [2.45, 2.75) is 6.42 Å². The zero-order valence-corrected chi connectivity index (χ0v) is 13.4. The summed E-state index contributed by atoms with van der Waals surface area (Å²) in [5, 5.41) is 13.5. The van der Waals surface area contributed by atoms with Gasteiger partial charge in [-0.3, -0.25) is 9.78 Å². The van der Waals surface area contributed by atoms with E-state index in [9.17, 15) is 4.79 Å². The van der Waals surface area contributed by atoms with Gasteiger partial charge in [0.2, 0.25) is 5.95 Å². The number of benzene rings is 3. The van der Waals surface area contributed by atoms with E-state index in [1.165, 1.54) is 0 Å². The third-order valence-electron chi connectivity index (χ3n) is 3.99. The normalized spacial score (nSPS) is 10.7. The van der Waals surface area contributed by atoms with Crippen LogP contribution in [0.5, 0.6) is 0 Å². The fraction of sp³-hybridized carbons (Fsp3) is 0.0500. The van der Waals surface area contributed by atoms with Crippen LogP contribution in [-0.4, -0.2) is 15.2 Å². The minimum atomic E-state index is -0.234. The lowest BCUT2D eigenvalue weighted by atomic mass is 10.1. The van der Waals surface area contributed by atoms with Crippen LogP contribution in [0.15, 0.2) is 77.6 Å². The van der Waals surface area contributed by atoms with Crippen molar-refractivity contribution in [3.05, 3.63) is 94.4 Å². The molecule has 0 aliphatic heterocycles. The fourth-order valence-corrected chi connectivity index (χ4v) is 2.73. The second-order valence-electron chi connectivity index (χ2n) is 5.80. The number of nitrogens with zero attached hydrogens (tertiary/aromatic N) is 2. The molecule has 0 atom stereocenters. The van der Waals surface area contributed by atoms with Gasteiger partial charge in [-0.25, -0.2) is 0 Å². The van der Waals surface area contributed by atoms with E-state index in [1.54, 1.807) is 0 Å². The Morgan fingerprint density at radius 1 is 0.840 bits per heavy atom. The van der Waals surface area contributed by atoms with Crippen LogP contribution in [-0.2, 0) is 6.42 Å². The number of aromatic amines is 1. The number of H-pyrrole nitrogens is 1. The summed E-state index contributed by atoms with van der Waals surface area (Å²) in [7, 11) is 0. The second kappa shape index (κ2) is 6.57. The number of hydrogen-bond acceptors (Lipinski definition) is 4. The molecule has 3 aromatic carbocycles. The molecule has 0 unspecified atom stereocenters. The predicted molar refractivity (Wildman–Crippen MR) is 99.1 cm³/mol. The molecule has 1 aromatic heterocycles. The molecule has 0 aliphatic carbocycles. The number of anilines is 2. The highest BCUT2D eigenvalue weighted by Crippen LogP contribution is 2.20. The van der Waals surface area contributed by atoms with Crippen LogP contribution in [0, 0.1) is 0 Å². The maximum absolute atomic E-state index is 12.2. The first-order valence-corrected chi connectivity index (χ1v) is 8.03. The van der Waals surface area contributed by atoms with Gasteiger partial charge in [-0.1, -0.05) is 60.7 Å². The SMILES string of the molecule is O=c1[nH]c(Nc2ccc3ccccc3c2)nnc1Cc1ccccc1. The first-order chi connectivity index (χ1) is 12.3. The van der Waals surface area contributed by atoms with E-state index in [2.05, 4.69) is 26.6 Å². The Kier molecular flexibility index (Phi) is 3.96. The second-order valence-corrected chi connectivity index (χ2v) is 5.80. The topological polar surface area (TPSA) is 70.7 Å². The average molecular weight is 328 g/mol. The number of fused-ring (bicyclic) bond motifs is 1. The van der Waals surface area contributed by atoms with E-state index >= 15 is 0 Å². The average Bonchev–Trinajstić information content (AvgIpc) is 2.65. The van der Waals surface area contributed by atoms with E-state index in [1.807, 2.05) is 66.7 Å². The van der Waals surface area contributed by atoms with Crippen molar-refractivity contribution < 1.29 is 0 Å². The molecule has 0 fully saturated rings. The molecule has 25 heavy (non-hydrogen) atoms. The van der Waals surface area contributed by atoms with E-state index in [4.69, 9.17) is 0 Å². The Hall–Kier alpha value is -3.47. The molecular formula is C20H16N4O. The molecule has 0 bridgehead atoms. The van der Waals surface area contributed by atoms with Gasteiger partial charge in [-0.2, -0.15) is 0 Å². The third-order valence-corrected chi connectivity index (χ3v) is 3.99. The van der Waals surface area contributed by atoms with Gasteiger partial charge in [0.05, 0.1) is 0 Å².